The summed E-state index contributed by atoms with van der Waals surface area (Å²) < 4.78 is 1.63. The normalized spacial score (nSPS) is 27.2. The molecular weight excluding hydrogens is 232 g/mol. The molecule has 2 unspecified atom stereocenters. The summed E-state index contributed by atoms with van der Waals surface area (Å²) in [7, 11) is 1.79. The fourth-order valence-electron chi connectivity index (χ4n) is 2.48. The molecule has 2 rings (SSSR count). The van der Waals surface area contributed by atoms with E-state index < -0.39 is 0 Å². The molecule has 6 nitrogen and oxygen atoms in total. The minimum atomic E-state index is -0.241. The molecule has 6 heteroatoms. The van der Waals surface area contributed by atoms with Crippen LogP contribution in [0.2, 0.25) is 0 Å². The van der Waals surface area contributed by atoms with Gasteiger partial charge in [0, 0.05) is 24.7 Å². The number of nitrogens with one attached hydrogen (secondary N) is 2. The van der Waals surface area contributed by atoms with Crippen molar-refractivity contribution in [1.29, 1.82) is 0 Å². The molecular formula is C12H20N4O2. The number of aryl methyl sites for hydroxylation is 1. The molecule has 3 N–H and O–H groups in total. The maximum atomic E-state index is 11.8. The third-order valence-electron chi connectivity index (χ3n) is 3.71. The Labute approximate surface area is 106 Å². The minimum absolute atomic E-state index is 0.0270. The van der Waals surface area contributed by atoms with Gasteiger partial charge in [-0.1, -0.05) is 13.3 Å². The zero-order valence-corrected chi connectivity index (χ0v) is 10.8. The molecule has 0 saturated heterocycles. The van der Waals surface area contributed by atoms with Crippen LogP contribution >= 0.6 is 0 Å². The third-order valence-corrected chi connectivity index (χ3v) is 3.71. The molecule has 0 bridgehead atoms. The Hall–Kier alpha value is -1.56. The average Bonchev–Trinajstić information content (AvgIpc) is 2.87. The van der Waals surface area contributed by atoms with Crippen LogP contribution in [0.15, 0.2) is 12.4 Å². The van der Waals surface area contributed by atoms with Crippen LogP contribution in [0.5, 0.6) is 0 Å². The van der Waals surface area contributed by atoms with Crippen molar-refractivity contribution < 1.29 is 9.90 Å². The van der Waals surface area contributed by atoms with E-state index in [1.807, 2.05) is 6.92 Å². The van der Waals surface area contributed by atoms with Gasteiger partial charge in [0.15, 0.2) is 0 Å². The van der Waals surface area contributed by atoms with E-state index in [1.165, 1.54) is 0 Å². The number of nitrogens with zero attached hydrogens (tertiary/aromatic N) is 2. The van der Waals surface area contributed by atoms with E-state index in [1.54, 1.807) is 24.1 Å². The summed E-state index contributed by atoms with van der Waals surface area (Å²) in [6.45, 7) is 2.11. The number of aliphatic hydroxyl groups is 1. The molecule has 0 radical (unpaired) electrons. The van der Waals surface area contributed by atoms with Crippen molar-refractivity contribution in [2.45, 2.75) is 32.2 Å². The van der Waals surface area contributed by atoms with Crippen molar-refractivity contribution >= 4 is 11.7 Å². The molecule has 1 aliphatic carbocycles. The molecule has 100 valence electrons. The van der Waals surface area contributed by atoms with Crippen LogP contribution in [0.1, 0.15) is 26.2 Å². The number of rotatable bonds is 3. The number of carbonyl (C=O) groups excluding carboxylic acids is 1. The molecule has 1 fully saturated rings. The molecule has 1 aliphatic rings. The van der Waals surface area contributed by atoms with Crippen LogP contribution in [-0.2, 0) is 7.05 Å². The van der Waals surface area contributed by atoms with Crippen molar-refractivity contribution in [3.05, 3.63) is 12.4 Å². The van der Waals surface area contributed by atoms with Crippen LogP contribution in [0.4, 0.5) is 10.5 Å². The fraction of sp³-hybridized carbons (Fsp3) is 0.667. The number of hydrogen-bond acceptors (Lipinski definition) is 3. The number of aromatic nitrogens is 2. The fourth-order valence-corrected chi connectivity index (χ4v) is 2.48. The SMILES string of the molecule is Cn1cc(NC(=O)NC2CCCC2(C)CO)cn1. The number of urea groups is 1. The number of carbonyl (C=O) groups is 1. The molecule has 1 aromatic rings. The summed E-state index contributed by atoms with van der Waals surface area (Å²) in [6.07, 6.45) is 6.23. The van der Waals surface area contributed by atoms with Crippen molar-refractivity contribution in [3.8, 4) is 0 Å². The number of anilines is 1. The van der Waals surface area contributed by atoms with Crippen LogP contribution in [0.3, 0.4) is 0 Å². The van der Waals surface area contributed by atoms with Gasteiger partial charge in [-0.2, -0.15) is 5.10 Å². The van der Waals surface area contributed by atoms with Gasteiger partial charge in [-0.25, -0.2) is 4.79 Å². The zero-order chi connectivity index (χ0) is 13.2. The van der Waals surface area contributed by atoms with Gasteiger partial charge in [-0.05, 0) is 12.8 Å². The molecule has 2 amide bonds. The number of hydrogen-bond donors (Lipinski definition) is 3. The first-order valence-corrected chi connectivity index (χ1v) is 6.20. The molecule has 0 aromatic carbocycles. The first-order valence-electron chi connectivity index (χ1n) is 6.20. The summed E-state index contributed by atoms with van der Waals surface area (Å²) in [5.74, 6) is 0. The lowest BCUT2D eigenvalue weighted by Gasteiger charge is -2.29. The monoisotopic (exact) mass is 252 g/mol. The van der Waals surface area contributed by atoms with Crippen LogP contribution in [0.25, 0.3) is 0 Å². The molecule has 1 aromatic heterocycles. The topological polar surface area (TPSA) is 79.2 Å². The van der Waals surface area contributed by atoms with Gasteiger partial charge in [0.1, 0.15) is 0 Å². The van der Waals surface area contributed by atoms with Gasteiger partial charge in [-0.3, -0.25) is 4.68 Å². The van der Waals surface area contributed by atoms with Gasteiger partial charge in [-0.15, -0.1) is 0 Å². The first kappa shape index (κ1) is 12.9. The third kappa shape index (κ3) is 2.64. The highest BCUT2D eigenvalue weighted by Crippen LogP contribution is 2.37. The number of amides is 2. The Bertz CT molecular complexity index is 431. The summed E-state index contributed by atoms with van der Waals surface area (Å²) >= 11 is 0. The van der Waals surface area contributed by atoms with Crippen LogP contribution in [0, 0.1) is 5.41 Å². The largest absolute Gasteiger partial charge is 0.396 e. The van der Waals surface area contributed by atoms with E-state index in [2.05, 4.69) is 15.7 Å². The van der Waals surface area contributed by atoms with E-state index in [0.717, 1.165) is 19.3 Å². The second-order valence-corrected chi connectivity index (χ2v) is 5.26. The van der Waals surface area contributed by atoms with E-state index in [-0.39, 0.29) is 24.1 Å². The summed E-state index contributed by atoms with van der Waals surface area (Å²) in [5, 5.41) is 19.1. The van der Waals surface area contributed by atoms with Crippen LogP contribution < -0.4 is 10.6 Å². The average molecular weight is 252 g/mol. The lowest BCUT2D eigenvalue weighted by atomic mass is 9.86. The lowest BCUT2D eigenvalue weighted by Crippen LogP contribution is -2.46. The highest BCUT2D eigenvalue weighted by molar-refractivity contribution is 5.89. The maximum absolute atomic E-state index is 11.8. The van der Waals surface area contributed by atoms with E-state index in [9.17, 15) is 9.90 Å². The molecule has 0 aliphatic heterocycles. The summed E-state index contributed by atoms with van der Waals surface area (Å²) in [6, 6.07) is -0.214. The Morgan fingerprint density at radius 2 is 2.50 bits per heavy atom. The molecule has 2 atom stereocenters. The van der Waals surface area contributed by atoms with Crippen molar-refractivity contribution in [1.82, 2.24) is 15.1 Å². The molecule has 1 heterocycles. The number of aliphatic hydroxyl groups excluding tert-OH is 1. The van der Waals surface area contributed by atoms with Crippen molar-refractivity contribution in [2.24, 2.45) is 12.5 Å². The summed E-state index contributed by atoms with van der Waals surface area (Å²) in [5.41, 5.74) is 0.463. The maximum Gasteiger partial charge on any atom is 0.319 e. The zero-order valence-electron chi connectivity index (χ0n) is 10.8. The Morgan fingerprint density at radius 3 is 3.11 bits per heavy atom. The molecule has 1 saturated carbocycles. The highest BCUT2D eigenvalue weighted by Gasteiger charge is 2.39. The van der Waals surface area contributed by atoms with Gasteiger partial charge in [0.05, 0.1) is 18.5 Å². The minimum Gasteiger partial charge on any atom is -0.396 e. The van der Waals surface area contributed by atoms with Gasteiger partial charge >= 0.3 is 6.03 Å². The Morgan fingerprint density at radius 1 is 1.72 bits per heavy atom. The smallest absolute Gasteiger partial charge is 0.319 e. The van der Waals surface area contributed by atoms with E-state index >= 15 is 0 Å². The molecule has 0 spiro atoms. The lowest BCUT2D eigenvalue weighted by molar-refractivity contribution is 0.122. The van der Waals surface area contributed by atoms with Gasteiger partial charge < -0.3 is 15.7 Å². The van der Waals surface area contributed by atoms with Crippen molar-refractivity contribution in [3.63, 3.8) is 0 Å². The highest BCUT2D eigenvalue weighted by atomic mass is 16.3. The van der Waals surface area contributed by atoms with Gasteiger partial charge in [0.2, 0.25) is 0 Å². The summed E-state index contributed by atoms with van der Waals surface area (Å²) in [4.78, 5) is 11.8. The quantitative estimate of drug-likeness (QED) is 0.753. The second-order valence-electron chi connectivity index (χ2n) is 5.26. The van der Waals surface area contributed by atoms with Crippen LogP contribution in [-0.4, -0.2) is 33.6 Å². The Balaban J connectivity index is 1.91. The standard InChI is InChI=1S/C12H20N4O2/c1-12(8-17)5-3-4-10(12)15-11(18)14-9-6-13-16(2)7-9/h6-7,10,17H,3-5,8H2,1-2H3,(H2,14,15,18). The van der Waals surface area contributed by atoms with Gasteiger partial charge in [0.25, 0.3) is 0 Å². The predicted molar refractivity (Wildman–Crippen MR) is 68.2 cm³/mol. The molecule has 18 heavy (non-hydrogen) atoms. The Kier molecular flexibility index (Phi) is 3.56. The van der Waals surface area contributed by atoms with Crippen molar-refractivity contribution in [2.75, 3.05) is 11.9 Å². The first-order chi connectivity index (χ1) is 8.53. The predicted octanol–water partition coefficient (Wildman–Crippen LogP) is 1.09. The van der Waals surface area contributed by atoms with E-state index in [0.29, 0.717) is 5.69 Å². The van der Waals surface area contributed by atoms with E-state index in [4.69, 9.17) is 0 Å². The second kappa shape index (κ2) is 4.97.